The minimum atomic E-state index is 1.03. The van der Waals surface area contributed by atoms with Gasteiger partial charge < -0.3 is 0 Å². The van der Waals surface area contributed by atoms with Crippen LogP contribution in [-0.4, -0.2) is 0 Å². The topological polar surface area (TPSA) is 0 Å². The van der Waals surface area contributed by atoms with Gasteiger partial charge in [0.05, 0.1) is 0 Å². The average molecular weight is 409 g/mol. The smallest absolute Gasteiger partial charge is 0.00198 e. The molecule has 0 saturated heterocycles. The Morgan fingerprint density at radius 3 is 2.29 bits per heavy atom. The molecule has 0 N–H and O–H groups in total. The lowest BCUT2D eigenvalue weighted by Crippen LogP contribution is -1.93. The van der Waals surface area contributed by atoms with Crippen molar-refractivity contribution in [1.82, 2.24) is 0 Å². The van der Waals surface area contributed by atoms with Crippen LogP contribution in [0.25, 0.3) is 11.1 Å². The predicted molar refractivity (Wildman–Crippen MR) is 139 cm³/mol. The van der Waals surface area contributed by atoms with Gasteiger partial charge in [0.1, 0.15) is 0 Å². The van der Waals surface area contributed by atoms with Gasteiger partial charge in [0.15, 0.2) is 0 Å². The van der Waals surface area contributed by atoms with Crippen molar-refractivity contribution in [2.24, 2.45) is 0 Å². The van der Waals surface area contributed by atoms with Gasteiger partial charge in [0.25, 0.3) is 0 Å². The van der Waals surface area contributed by atoms with E-state index in [1.807, 2.05) is 0 Å². The van der Waals surface area contributed by atoms with Crippen LogP contribution in [0.15, 0.2) is 100 Å². The second-order valence-electron chi connectivity index (χ2n) is 9.11. The van der Waals surface area contributed by atoms with Gasteiger partial charge in [-0.3, -0.25) is 0 Å². The maximum Gasteiger partial charge on any atom is -0.00198 e. The lowest BCUT2D eigenvalue weighted by molar-refractivity contribution is 1.18. The Balaban J connectivity index is 1.77. The molecular formula is C31H36. The first kappa shape index (κ1) is 22.8. The molecule has 0 aromatic heterocycles. The second kappa shape index (κ2) is 9.96. The van der Waals surface area contributed by atoms with Crippen LogP contribution >= 0.6 is 0 Å². The molecule has 3 rings (SSSR count). The lowest BCUT2D eigenvalue weighted by atomic mass is 9.92. The zero-order chi connectivity index (χ0) is 22.5. The Bertz CT molecular complexity index is 1110. The zero-order valence-electron chi connectivity index (χ0n) is 20.3. The summed E-state index contributed by atoms with van der Waals surface area (Å²) in [5, 5.41) is 0. The number of rotatable bonds is 6. The predicted octanol–water partition coefficient (Wildman–Crippen LogP) is 9.25. The van der Waals surface area contributed by atoms with E-state index in [2.05, 4.69) is 115 Å². The summed E-state index contributed by atoms with van der Waals surface area (Å²) in [5.41, 5.74) is 15.0. The molecule has 2 aliphatic carbocycles. The van der Waals surface area contributed by atoms with E-state index in [-0.39, 0.29) is 0 Å². The van der Waals surface area contributed by atoms with E-state index in [4.69, 9.17) is 0 Å². The third kappa shape index (κ3) is 5.64. The van der Waals surface area contributed by atoms with Gasteiger partial charge in [-0.25, -0.2) is 0 Å². The highest BCUT2D eigenvalue weighted by Gasteiger charge is 2.12. The van der Waals surface area contributed by atoms with Crippen molar-refractivity contribution in [3.05, 3.63) is 117 Å². The highest BCUT2D eigenvalue weighted by atomic mass is 14.2. The highest BCUT2D eigenvalue weighted by Crippen LogP contribution is 2.33. The number of aryl methyl sites for hydroxylation is 1. The van der Waals surface area contributed by atoms with E-state index in [0.29, 0.717) is 0 Å². The molecule has 0 atom stereocenters. The first-order valence-corrected chi connectivity index (χ1v) is 11.3. The van der Waals surface area contributed by atoms with E-state index in [9.17, 15) is 0 Å². The maximum atomic E-state index is 2.35. The molecular weight excluding hydrogens is 372 g/mol. The molecule has 31 heavy (non-hydrogen) atoms. The minimum absolute atomic E-state index is 1.03. The van der Waals surface area contributed by atoms with Crippen LogP contribution in [0.4, 0.5) is 0 Å². The third-order valence-corrected chi connectivity index (χ3v) is 6.17. The number of benzene rings is 1. The van der Waals surface area contributed by atoms with Crippen molar-refractivity contribution in [3.63, 3.8) is 0 Å². The van der Waals surface area contributed by atoms with Gasteiger partial charge in [0.2, 0.25) is 0 Å². The van der Waals surface area contributed by atoms with Gasteiger partial charge in [0, 0.05) is 0 Å². The Labute approximate surface area is 189 Å². The van der Waals surface area contributed by atoms with Crippen molar-refractivity contribution in [2.75, 3.05) is 0 Å². The summed E-state index contributed by atoms with van der Waals surface area (Å²) < 4.78 is 0. The molecule has 0 unspecified atom stereocenters. The molecule has 0 heterocycles. The SMILES string of the molecule is CC=CC1=CC=C(/C(C)=C/C(C)=C(\C)c2ccc(C3=CC=C(C=C(C)C)C3)cc2C)C1. The molecule has 160 valence electrons. The zero-order valence-corrected chi connectivity index (χ0v) is 20.3. The molecule has 0 bridgehead atoms. The van der Waals surface area contributed by atoms with E-state index >= 15 is 0 Å². The minimum Gasteiger partial charge on any atom is -0.0874 e. The van der Waals surface area contributed by atoms with E-state index < -0.39 is 0 Å². The maximum absolute atomic E-state index is 2.35. The fraction of sp³-hybridized carbons (Fsp3) is 0.290. The Morgan fingerprint density at radius 1 is 0.871 bits per heavy atom. The molecule has 1 aromatic carbocycles. The van der Waals surface area contributed by atoms with Crippen molar-refractivity contribution in [1.29, 1.82) is 0 Å². The Hall–Kier alpha value is -2.86. The van der Waals surface area contributed by atoms with Crippen molar-refractivity contribution in [2.45, 2.75) is 61.3 Å². The van der Waals surface area contributed by atoms with Gasteiger partial charge in [-0.2, -0.15) is 0 Å². The number of hydrogen-bond acceptors (Lipinski definition) is 0. The summed E-state index contributed by atoms with van der Waals surface area (Å²) >= 11 is 0. The quantitative estimate of drug-likeness (QED) is 0.411. The van der Waals surface area contributed by atoms with Gasteiger partial charge in [-0.15, -0.1) is 0 Å². The summed E-state index contributed by atoms with van der Waals surface area (Å²) in [4.78, 5) is 0. The Kier molecular flexibility index (Phi) is 7.33. The lowest BCUT2D eigenvalue weighted by Gasteiger charge is -2.13. The first-order valence-electron chi connectivity index (χ1n) is 11.3. The molecule has 0 aliphatic heterocycles. The van der Waals surface area contributed by atoms with Gasteiger partial charge in [-0.1, -0.05) is 72.4 Å². The van der Waals surface area contributed by atoms with Crippen LogP contribution < -0.4 is 0 Å². The number of hydrogen-bond donors (Lipinski definition) is 0. The third-order valence-electron chi connectivity index (χ3n) is 6.17. The molecule has 0 nitrogen and oxygen atoms in total. The molecule has 0 saturated carbocycles. The van der Waals surface area contributed by atoms with Crippen molar-refractivity contribution < 1.29 is 0 Å². The first-order chi connectivity index (χ1) is 14.8. The van der Waals surface area contributed by atoms with E-state index in [1.165, 1.54) is 61.3 Å². The molecule has 0 amide bonds. The summed E-state index contributed by atoms with van der Waals surface area (Å²) in [7, 11) is 0. The van der Waals surface area contributed by atoms with E-state index in [1.54, 1.807) is 0 Å². The van der Waals surface area contributed by atoms with Crippen LogP contribution in [0.5, 0.6) is 0 Å². The van der Waals surface area contributed by atoms with Gasteiger partial charge in [-0.05, 0) is 117 Å². The average Bonchev–Trinajstić information content (AvgIpc) is 3.37. The van der Waals surface area contributed by atoms with Crippen LogP contribution in [0.2, 0.25) is 0 Å². The molecule has 2 aliphatic rings. The summed E-state index contributed by atoms with van der Waals surface area (Å²) in [6.45, 7) is 15.3. The molecule has 0 fully saturated rings. The van der Waals surface area contributed by atoms with Gasteiger partial charge >= 0.3 is 0 Å². The highest BCUT2D eigenvalue weighted by molar-refractivity contribution is 5.77. The normalized spacial score (nSPS) is 17.3. The fourth-order valence-electron chi connectivity index (χ4n) is 4.38. The standard InChI is InChI=1S/C31H36/c1-8-9-26-10-12-28(19-26)23(5)17-22(4)25(7)31-15-14-29(18-24(31)6)30-13-11-27(20-30)16-21(2)3/h8-18H,19-20H2,1-7H3/b9-8?,23-17+,25-22+. The second-order valence-corrected chi connectivity index (χ2v) is 9.11. The molecule has 0 spiro atoms. The summed E-state index contributed by atoms with van der Waals surface area (Å²) in [6.07, 6.45) is 20.0. The molecule has 0 heteroatoms. The van der Waals surface area contributed by atoms with E-state index in [0.717, 1.165) is 12.8 Å². The largest absolute Gasteiger partial charge is 0.0874 e. The van der Waals surface area contributed by atoms with Crippen LogP contribution in [0.1, 0.15) is 71.1 Å². The van der Waals surface area contributed by atoms with Crippen molar-refractivity contribution >= 4 is 11.1 Å². The van der Waals surface area contributed by atoms with Crippen LogP contribution in [0, 0.1) is 6.92 Å². The Morgan fingerprint density at radius 2 is 1.61 bits per heavy atom. The summed E-state index contributed by atoms with van der Waals surface area (Å²) in [6, 6.07) is 6.93. The van der Waals surface area contributed by atoms with Crippen LogP contribution in [-0.2, 0) is 0 Å². The van der Waals surface area contributed by atoms with Crippen molar-refractivity contribution in [3.8, 4) is 0 Å². The summed E-state index contributed by atoms with van der Waals surface area (Å²) in [5.74, 6) is 0. The number of allylic oxidation sites excluding steroid dienone is 16. The molecule has 1 aromatic rings. The monoisotopic (exact) mass is 408 g/mol. The molecule has 0 radical (unpaired) electrons. The van der Waals surface area contributed by atoms with Crippen LogP contribution in [0.3, 0.4) is 0 Å². The fourth-order valence-corrected chi connectivity index (χ4v) is 4.38.